The molecule has 0 fully saturated rings. The predicted molar refractivity (Wildman–Crippen MR) is 126 cm³/mol. The Morgan fingerprint density at radius 2 is 1.65 bits per heavy atom. The second kappa shape index (κ2) is 12.8. The van der Waals surface area contributed by atoms with Gasteiger partial charge in [-0.25, -0.2) is 4.79 Å². The van der Waals surface area contributed by atoms with Crippen molar-refractivity contribution in [3.63, 3.8) is 0 Å². The fraction of sp³-hybridized carbons (Fsp3) is 0.583. The zero-order valence-electron chi connectivity index (χ0n) is 21.0. The van der Waals surface area contributed by atoms with E-state index in [1.165, 1.54) is 24.0 Å². The molecule has 3 amide bonds. The highest BCUT2D eigenvalue weighted by Gasteiger charge is 2.36. The lowest BCUT2D eigenvalue weighted by Gasteiger charge is -2.36. The average molecular weight is 480 g/mol. The van der Waals surface area contributed by atoms with Crippen LogP contribution in [0.1, 0.15) is 66.5 Å². The van der Waals surface area contributed by atoms with Gasteiger partial charge >= 0.3 is 12.1 Å². The van der Waals surface area contributed by atoms with Crippen molar-refractivity contribution in [1.29, 1.82) is 0 Å². The molecule has 2 atom stereocenters. The number of benzene rings is 1. The van der Waals surface area contributed by atoms with Crippen molar-refractivity contribution in [3.05, 3.63) is 29.8 Å². The molecule has 0 saturated heterocycles. The largest absolute Gasteiger partial charge is 0.508 e. The van der Waals surface area contributed by atoms with Crippen molar-refractivity contribution in [2.24, 2.45) is 0 Å². The molecule has 1 aromatic carbocycles. The first kappa shape index (κ1) is 28.7. The molecular formula is C24H37N3O7. The van der Waals surface area contributed by atoms with E-state index in [-0.39, 0.29) is 25.3 Å². The number of phenolic OH excluding ortho intramolecular Hbond substituents is 1. The molecule has 0 heterocycles. The van der Waals surface area contributed by atoms with E-state index < -0.39 is 47.6 Å². The van der Waals surface area contributed by atoms with Gasteiger partial charge in [-0.2, -0.15) is 0 Å². The van der Waals surface area contributed by atoms with Gasteiger partial charge in [0.05, 0.1) is 13.0 Å². The van der Waals surface area contributed by atoms with Gasteiger partial charge in [-0.1, -0.05) is 12.1 Å². The van der Waals surface area contributed by atoms with Gasteiger partial charge in [-0.3, -0.25) is 14.4 Å². The Morgan fingerprint density at radius 1 is 1.06 bits per heavy atom. The van der Waals surface area contributed by atoms with Crippen LogP contribution in [0, 0.1) is 0 Å². The van der Waals surface area contributed by atoms with E-state index in [0.717, 1.165) is 0 Å². The van der Waals surface area contributed by atoms with Crippen LogP contribution in [0.2, 0.25) is 0 Å². The van der Waals surface area contributed by atoms with Gasteiger partial charge in [-0.15, -0.1) is 0 Å². The van der Waals surface area contributed by atoms with Crippen molar-refractivity contribution >= 4 is 23.9 Å². The summed E-state index contributed by atoms with van der Waals surface area (Å²) in [7, 11) is 0. The Morgan fingerprint density at radius 3 is 2.15 bits per heavy atom. The Bertz CT molecular complexity index is 847. The first-order valence-corrected chi connectivity index (χ1v) is 11.3. The molecule has 0 aliphatic heterocycles. The van der Waals surface area contributed by atoms with Crippen LogP contribution in [0.4, 0.5) is 4.79 Å². The van der Waals surface area contributed by atoms with E-state index in [2.05, 4.69) is 10.6 Å². The van der Waals surface area contributed by atoms with Crippen LogP contribution in [0.5, 0.6) is 5.75 Å². The highest BCUT2D eigenvalue weighted by atomic mass is 16.6. The topological polar surface area (TPSA) is 134 Å². The Hall–Kier alpha value is -3.30. The predicted octanol–water partition coefficient (Wildman–Crippen LogP) is 2.65. The number of aromatic hydroxyl groups is 1. The quantitative estimate of drug-likeness (QED) is 0.439. The summed E-state index contributed by atoms with van der Waals surface area (Å²) >= 11 is 0. The summed E-state index contributed by atoms with van der Waals surface area (Å²) in [5, 5.41) is 14.9. The number of esters is 1. The number of hydrogen-bond donors (Lipinski definition) is 3. The zero-order valence-corrected chi connectivity index (χ0v) is 21.0. The number of amides is 3. The van der Waals surface area contributed by atoms with Crippen molar-refractivity contribution < 1.29 is 33.8 Å². The number of carbonyl (C=O) groups excluding carboxylic acids is 4. The summed E-state index contributed by atoms with van der Waals surface area (Å²) in [6.45, 7) is 12.1. The molecule has 2 unspecified atom stereocenters. The van der Waals surface area contributed by atoms with E-state index >= 15 is 0 Å². The first-order chi connectivity index (χ1) is 15.8. The molecule has 190 valence electrons. The molecule has 0 saturated carbocycles. The number of carbonyl (C=O) groups is 4. The summed E-state index contributed by atoms with van der Waals surface area (Å²) in [6, 6.07) is 3.44. The second-order valence-electron chi connectivity index (χ2n) is 9.05. The highest BCUT2D eigenvalue weighted by Crippen LogP contribution is 2.26. The SMILES string of the molecule is CCOC(=O)CCNC(=O)C(c1ccc(O)cc1)N(C(=O)C(C)NC(=O)OC(C)(C)C)C(C)C. The van der Waals surface area contributed by atoms with Crippen LogP contribution in [0.15, 0.2) is 24.3 Å². The smallest absolute Gasteiger partial charge is 0.408 e. The molecule has 34 heavy (non-hydrogen) atoms. The standard InChI is InChI=1S/C24H37N3O7/c1-8-33-19(29)13-14-25-21(30)20(17-9-11-18(28)12-10-17)27(15(2)3)22(31)16(4)26-23(32)34-24(5,6)7/h9-12,15-16,20,28H,8,13-14H2,1-7H3,(H,25,30)(H,26,32). The van der Waals surface area contributed by atoms with E-state index in [9.17, 15) is 24.3 Å². The first-order valence-electron chi connectivity index (χ1n) is 11.3. The van der Waals surface area contributed by atoms with Gasteiger partial charge in [0.1, 0.15) is 23.4 Å². The summed E-state index contributed by atoms with van der Waals surface area (Å²) in [5.41, 5.74) is -0.282. The summed E-state index contributed by atoms with van der Waals surface area (Å²) in [4.78, 5) is 51.8. The Labute approximate surface area is 201 Å². The van der Waals surface area contributed by atoms with E-state index in [1.54, 1.807) is 53.7 Å². The Kier molecular flexibility index (Phi) is 10.8. The van der Waals surface area contributed by atoms with E-state index in [4.69, 9.17) is 9.47 Å². The maximum atomic E-state index is 13.4. The van der Waals surface area contributed by atoms with Crippen LogP contribution >= 0.6 is 0 Å². The number of ether oxygens (including phenoxy) is 2. The van der Waals surface area contributed by atoms with Gasteiger partial charge in [0.15, 0.2) is 0 Å². The van der Waals surface area contributed by atoms with Crippen LogP contribution in [-0.4, -0.2) is 64.7 Å². The molecule has 0 radical (unpaired) electrons. The van der Waals surface area contributed by atoms with Gasteiger partial charge < -0.3 is 30.1 Å². The molecule has 1 rings (SSSR count). The molecule has 0 aliphatic carbocycles. The summed E-state index contributed by atoms with van der Waals surface area (Å²) in [5.74, 6) is -1.45. The summed E-state index contributed by atoms with van der Waals surface area (Å²) < 4.78 is 10.1. The normalized spacial score (nSPS) is 12.9. The molecule has 1 aromatic rings. The van der Waals surface area contributed by atoms with Crippen LogP contribution in [-0.2, 0) is 23.9 Å². The van der Waals surface area contributed by atoms with Crippen molar-refractivity contribution in [2.45, 2.75) is 78.6 Å². The van der Waals surface area contributed by atoms with Crippen LogP contribution in [0.3, 0.4) is 0 Å². The summed E-state index contributed by atoms with van der Waals surface area (Å²) in [6.07, 6.45) is -0.772. The molecule has 0 aromatic heterocycles. The monoisotopic (exact) mass is 479 g/mol. The molecule has 10 nitrogen and oxygen atoms in total. The molecule has 3 N–H and O–H groups in total. The number of hydrogen-bond acceptors (Lipinski definition) is 7. The number of phenols is 1. The molecule has 10 heteroatoms. The lowest BCUT2D eigenvalue weighted by Crippen LogP contribution is -2.54. The maximum absolute atomic E-state index is 13.4. The molecule has 0 bridgehead atoms. The minimum absolute atomic E-state index is 0.00704. The number of nitrogens with one attached hydrogen (secondary N) is 2. The minimum Gasteiger partial charge on any atom is -0.508 e. The average Bonchev–Trinajstić information content (AvgIpc) is 2.70. The van der Waals surface area contributed by atoms with Gasteiger partial charge in [0, 0.05) is 12.6 Å². The van der Waals surface area contributed by atoms with Gasteiger partial charge in [-0.05, 0) is 66.2 Å². The van der Waals surface area contributed by atoms with Crippen molar-refractivity contribution in [1.82, 2.24) is 15.5 Å². The highest BCUT2D eigenvalue weighted by molar-refractivity contribution is 5.92. The van der Waals surface area contributed by atoms with E-state index in [0.29, 0.717) is 5.56 Å². The fourth-order valence-corrected chi connectivity index (χ4v) is 3.16. The fourth-order valence-electron chi connectivity index (χ4n) is 3.16. The number of alkyl carbamates (subject to hydrolysis) is 1. The molecular weight excluding hydrogens is 442 g/mol. The third-order valence-electron chi connectivity index (χ3n) is 4.58. The number of rotatable bonds is 10. The Balaban J connectivity index is 3.17. The molecule has 0 spiro atoms. The third kappa shape index (κ3) is 9.29. The zero-order chi connectivity index (χ0) is 26.1. The van der Waals surface area contributed by atoms with E-state index in [1.807, 2.05) is 0 Å². The van der Waals surface area contributed by atoms with Crippen molar-refractivity contribution in [3.8, 4) is 5.75 Å². The second-order valence-corrected chi connectivity index (χ2v) is 9.05. The lowest BCUT2D eigenvalue weighted by atomic mass is 10.0. The van der Waals surface area contributed by atoms with Crippen molar-refractivity contribution in [2.75, 3.05) is 13.2 Å². The third-order valence-corrected chi connectivity index (χ3v) is 4.58. The minimum atomic E-state index is -1.07. The van der Waals surface area contributed by atoms with Gasteiger partial charge in [0.25, 0.3) is 0 Å². The van der Waals surface area contributed by atoms with Crippen LogP contribution in [0.25, 0.3) is 0 Å². The number of nitrogens with zero attached hydrogens (tertiary/aromatic N) is 1. The van der Waals surface area contributed by atoms with Crippen LogP contribution < -0.4 is 10.6 Å². The maximum Gasteiger partial charge on any atom is 0.408 e. The molecule has 0 aliphatic rings. The lowest BCUT2D eigenvalue weighted by molar-refractivity contribution is -0.145. The van der Waals surface area contributed by atoms with Gasteiger partial charge in [0.2, 0.25) is 11.8 Å².